The van der Waals surface area contributed by atoms with E-state index in [1.165, 1.54) is 18.4 Å². The van der Waals surface area contributed by atoms with E-state index < -0.39 is 10.0 Å². The van der Waals surface area contributed by atoms with Crippen molar-refractivity contribution in [2.75, 3.05) is 45.2 Å². The molecule has 1 aliphatic heterocycles. The lowest BCUT2D eigenvalue weighted by Crippen LogP contribution is -2.46. The van der Waals surface area contributed by atoms with Crippen LogP contribution in [0.25, 0.3) is 10.8 Å². The van der Waals surface area contributed by atoms with Crippen molar-refractivity contribution in [3.8, 4) is 0 Å². The lowest BCUT2D eigenvalue weighted by molar-refractivity contribution is 0.280. The van der Waals surface area contributed by atoms with Crippen LogP contribution in [0.3, 0.4) is 0 Å². The number of benzene rings is 2. The highest BCUT2D eigenvalue weighted by Crippen LogP contribution is 2.33. The molecule has 0 spiro atoms. The SMILES string of the molecule is CCCCCN(CCCC)c1cccc2c(S(=O)(=O)NCC3CCC(CN=C4N=C(N(C)C)C5=CC=CCC5N4)CC3)cccc12. The fraction of sp³-hybridized carbons (Fsp3) is 0.568. The van der Waals surface area contributed by atoms with E-state index in [1.807, 2.05) is 32.3 Å². The van der Waals surface area contributed by atoms with Gasteiger partial charge in [0, 0.05) is 62.3 Å². The molecule has 46 heavy (non-hydrogen) atoms. The minimum absolute atomic E-state index is 0.224. The fourth-order valence-electron chi connectivity index (χ4n) is 6.96. The largest absolute Gasteiger partial charge is 0.371 e. The summed E-state index contributed by atoms with van der Waals surface area (Å²) in [5.41, 5.74) is 2.36. The normalized spacial score (nSPS) is 22.3. The van der Waals surface area contributed by atoms with E-state index in [0.717, 1.165) is 99.3 Å². The highest BCUT2D eigenvalue weighted by molar-refractivity contribution is 7.89. The zero-order valence-corrected chi connectivity index (χ0v) is 29.2. The molecule has 2 N–H and O–H groups in total. The molecular formula is C37H54N6O2S. The number of guanidine groups is 1. The maximum atomic E-state index is 13.7. The fourth-order valence-corrected chi connectivity index (χ4v) is 8.29. The Morgan fingerprint density at radius 3 is 2.41 bits per heavy atom. The summed E-state index contributed by atoms with van der Waals surface area (Å²) in [6.07, 6.45) is 17.3. The Morgan fingerprint density at radius 1 is 0.935 bits per heavy atom. The van der Waals surface area contributed by atoms with Crippen LogP contribution in [0.4, 0.5) is 5.69 Å². The smallest absolute Gasteiger partial charge is 0.241 e. The van der Waals surface area contributed by atoms with Gasteiger partial charge in [-0.15, -0.1) is 0 Å². The Labute approximate surface area is 277 Å². The van der Waals surface area contributed by atoms with Gasteiger partial charge >= 0.3 is 0 Å². The van der Waals surface area contributed by atoms with Crippen molar-refractivity contribution in [1.82, 2.24) is 14.9 Å². The van der Waals surface area contributed by atoms with E-state index in [2.05, 4.69) is 64.0 Å². The van der Waals surface area contributed by atoms with Gasteiger partial charge < -0.3 is 15.1 Å². The van der Waals surface area contributed by atoms with Crippen molar-refractivity contribution in [2.45, 2.75) is 89.0 Å². The lowest BCUT2D eigenvalue weighted by Gasteiger charge is -2.32. The molecule has 2 aromatic carbocycles. The van der Waals surface area contributed by atoms with Crippen LogP contribution in [0.5, 0.6) is 0 Å². The maximum Gasteiger partial charge on any atom is 0.241 e. The number of allylic oxidation sites excluding steroid dienone is 2. The molecule has 1 saturated carbocycles. The molecule has 1 heterocycles. The maximum absolute atomic E-state index is 13.7. The van der Waals surface area contributed by atoms with E-state index >= 15 is 0 Å². The van der Waals surface area contributed by atoms with Gasteiger partial charge in [-0.25, -0.2) is 13.1 Å². The molecule has 5 rings (SSSR count). The highest BCUT2D eigenvalue weighted by Gasteiger charge is 2.28. The molecule has 250 valence electrons. The zero-order valence-electron chi connectivity index (χ0n) is 28.3. The van der Waals surface area contributed by atoms with Gasteiger partial charge in [0.2, 0.25) is 16.0 Å². The Bertz CT molecular complexity index is 1550. The third-order valence-electron chi connectivity index (χ3n) is 9.69. The van der Waals surface area contributed by atoms with Crippen LogP contribution in [0, 0.1) is 11.8 Å². The number of rotatable bonds is 14. The number of hydrogen-bond acceptors (Lipinski definition) is 5. The topological polar surface area (TPSA) is 89.4 Å². The summed E-state index contributed by atoms with van der Waals surface area (Å²) in [5.74, 6) is 2.53. The average molecular weight is 647 g/mol. The van der Waals surface area contributed by atoms with Gasteiger partial charge in [0.1, 0.15) is 5.84 Å². The summed E-state index contributed by atoms with van der Waals surface area (Å²) in [5, 5.41) is 5.34. The molecule has 0 bridgehead atoms. The van der Waals surface area contributed by atoms with Crippen molar-refractivity contribution in [2.24, 2.45) is 21.8 Å². The molecule has 9 heteroatoms. The Balaban J connectivity index is 1.19. The first kappa shape index (κ1) is 34.2. The molecule has 3 aliphatic rings. The predicted molar refractivity (Wildman–Crippen MR) is 193 cm³/mol. The van der Waals surface area contributed by atoms with E-state index in [9.17, 15) is 8.42 Å². The molecule has 1 fully saturated rings. The van der Waals surface area contributed by atoms with Crippen LogP contribution in [-0.2, 0) is 10.0 Å². The van der Waals surface area contributed by atoms with Crippen molar-refractivity contribution < 1.29 is 8.42 Å². The number of aliphatic imine (C=N–C) groups is 2. The molecule has 1 atom stereocenters. The van der Waals surface area contributed by atoms with Gasteiger partial charge in [0.25, 0.3) is 0 Å². The lowest BCUT2D eigenvalue weighted by atomic mass is 9.82. The van der Waals surface area contributed by atoms with Gasteiger partial charge in [-0.05, 0) is 68.9 Å². The summed E-state index contributed by atoms with van der Waals surface area (Å²) in [4.78, 5) is 14.6. The van der Waals surface area contributed by atoms with Gasteiger partial charge in [0.15, 0.2) is 0 Å². The average Bonchev–Trinajstić information content (AvgIpc) is 3.07. The third kappa shape index (κ3) is 8.40. The van der Waals surface area contributed by atoms with Gasteiger partial charge in [0.05, 0.1) is 10.9 Å². The summed E-state index contributed by atoms with van der Waals surface area (Å²) in [6, 6.07) is 12.1. The van der Waals surface area contributed by atoms with Crippen molar-refractivity contribution in [3.63, 3.8) is 0 Å². The molecule has 8 nitrogen and oxygen atoms in total. The van der Waals surface area contributed by atoms with E-state index in [1.54, 1.807) is 6.07 Å². The number of fused-ring (bicyclic) bond motifs is 2. The number of unbranched alkanes of at least 4 members (excludes halogenated alkanes) is 3. The van der Waals surface area contributed by atoms with E-state index in [4.69, 9.17) is 9.98 Å². The van der Waals surface area contributed by atoms with E-state index in [0.29, 0.717) is 23.3 Å². The Hall–Kier alpha value is -3.17. The van der Waals surface area contributed by atoms with Crippen LogP contribution in [-0.4, -0.2) is 71.4 Å². The molecular weight excluding hydrogens is 593 g/mol. The molecule has 0 aromatic heterocycles. The van der Waals surface area contributed by atoms with E-state index in [-0.39, 0.29) is 6.04 Å². The summed E-state index contributed by atoms with van der Waals surface area (Å²) in [6.45, 7) is 7.65. The zero-order chi connectivity index (χ0) is 32.5. The van der Waals surface area contributed by atoms with Crippen molar-refractivity contribution in [3.05, 3.63) is 60.2 Å². The second-order valence-electron chi connectivity index (χ2n) is 13.4. The monoisotopic (exact) mass is 646 g/mol. The first-order valence-corrected chi connectivity index (χ1v) is 19.0. The molecule has 0 radical (unpaired) electrons. The second kappa shape index (κ2) is 16.1. The number of nitrogens with one attached hydrogen (secondary N) is 2. The van der Waals surface area contributed by atoms with Crippen molar-refractivity contribution >= 4 is 38.3 Å². The standard InChI is InChI=1S/C37H54N6O2S/c1-5-7-11-25-43(24-8-6-2)34-18-12-16-31-30(34)15-13-19-35(31)46(44,45)39-27-29-22-20-28(21-23-29)26-38-37-40-33-17-10-9-14-32(33)36(41-37)42(3)4/h9-10,12-16,18-19,28-29,33,39H,5-8,11,17,20-27H2,1-4H3,(H,38,40). The Kier molecular flexibility index (Phi) is 12.0. The number of nitrogens with zero attached hydrogens (tertiary/aromatic N) is 4. The van der Waals surface area contributed by atoms with Crippen LogP contribution in [0.2, 0.25) is 0 Å². The van der Waals surface area contributed by atoms with Gasteiger partial charge in [-0.3, -0.25) is 4.99 Å². The number of hydrogen-bond donors (Lipinski definition) is 2. The molecule has 0 saturated heterocycles. The minimum Gasteiger partial charge on any atom is -0.371 e. The van der Waals surface area contributed by atoms with Gasteiger partial charge in [-0.1, -0.05) is 75.6 Å². The molecule has 0 amide bonds. The molecule has 1 unspecified atom stereocenters. The summed E-state index contributed by atoms with van der Waals surface area (Å²) >= 11 is 0. The Morgan fingerprint density at radius 2 is 1.65 bits per heavy atom. The van der Waals surface area contributed by atoms with Crippen LogP contribution in [0.1, 0.15) is 78.1 Å². The second-order valence-corrected chi connectivity index (χ2v) is 15.1. The predicted octanol–water partition coefficient (Wildman–Crippen LogP) is 6.90. The van der Waals surface area contributed by atoms with Gasteiger partial charge in [-0.2, -0.15) is 4.99 Å². The summed E-state index contributed by atoms with van der Waals surface area (Å²) in [7, 11) is 0.407. The van der Waals surface area contributed by atoms with Crippen molar-refractivity contribution in [1.29, 1.82) is 0 Å². The highest BCUT2D eigenvalue weighted by atomic mass is 32.2. The minimum atomic E-state index is -3.65. The van der Waals surface area contributed by atoms with Crippen LogP contribution >= 0.6 is 0 Å². The third-order valence-corrected chi connectivity index (χ3v) is 11.2. The number of amidine groups is 1. The van der Waals surface area contributed by atoms with Crippen LogP contribution < -0.4 is 14.9 Å². The molecule has 2 aromatic rings. The number of sulfonamides is 1. The number of likely N-dealkylation sites (N-methyl/N-ethyl adjacent to an activating group) is 1. The number of anilines is 1. The first-order valence-electron chi connectivity index (χ1n) is 17.5. The quantitative estimate of drug-likeness (QED) is 0.218. The summed E-state index contributed by atoms with van der Waals surface area (Å²) < 4.78 is 30.4. The first-order chi connectivity index (χ1) is 22.3. The van der Waals surface area contributed by atoms with Crippen LogP contribution in [0.15, 0.2) is 75.1 Å². The molecule has 2 aliphatic carbocycles.